The van der Waals surface area contributed by atoms with Crippen LogP contribution in [0.15, 0.2) is 18.2 Å². The van der Waals surface area contributed by atoms with Gasteiger partial charge in [0.25, 0.3) is 0 Å². The number of rotatable bonds is 12. The van der Waals surface area contributed by atoms with Crippen molar-refractivity contribution in [2.45, 2.75) is 51.7 Å². The molecule has 2 unspecified atom stereocenters. The summed E-state index contributed by atoms with van der Waals surface area (Å²) in [6.07, 6.45) is 1.56. The largest absolute Gasteiger partial charge is 0.497 e. The number of nitrogens with zero attached hydrogens (tertiary/aromatic N) is 1. The van der Waals surface area contributed by atoms with Crippen molar-refractivity contribution in [1.29, 1.82) is 0 Å². The lowest BCUT2D eigenvalue weighted by atomic mass is 9.96. The topological polar surface area (TPSA) is 109 Å². The molecular weight excluding hydrogens is 412 g/mol. The van der Waals surface area contributed by atoms with Gasteiger partial charge in [-0.1, -0.05) is 19.9 Å². The van der Waals surface area contributed by atoms with Crippen LogP contribution in [0, 0.1) is 5.92 Å². The van der Waals surface area contributed by atoms with Crippen LogP contribution in [-0.4, -0.2) is 69.1 Å². The number of carbonyl (C=O) groups is 3. The van der Waals surface area contributed by atoms with Crippen molar-refractivity contribution >= 4 is 17.7 Å². The van der Waals surface area contributed by atoms with Gasteiger partial charge >= 0.3 is 0 Å². The van der Waals surface area contributed by atoms with Crippen LogP contribution < -0.4 is 25.4 Å². The van der Waals surface area contributed by atoms with Crippen LogP contribution in [0.2, 0.25) is 0 Å². The van der Waals surface area contributed by atoms with Crippen LogP contribution >= 0.6 is 0 Å². The number of likely N-dealkylation sites (tertiary alicyclic amines) is 1. The van der Waals surface area contributed by atoms with Crippen molar-refractivity contribution in [1.82, 2.24) is 20.9 Å². The zero-order chi connectivity index (χ0) is 23.7. The van der Waals surface area contributed by atoms with Crippen LogP contribution in [0.3, 0.4) is 0 Å². The van der Waals surface area contributed by atoms with Gasteiger partial charge in [-0.3, -0.25) is 14.4 Å². The van der Waals surface area contributed by atoms with Crippen molar-refractivity contribution in [3.8, 4) is 11.5 Å². The third-order valence-electron chi connectivity index (χ3n) is 5.70. The Morgan fingerprint density at radius 1 is 1.19 bits per heavy atom. The maximum absolute atomic E-state index is 13.2. The number of carbonyl (C=O) groups excluding carboxylic acids is 3. The van der Waals surface area contributed by atoms with E-state index in [2.05, 4.69) is 16.0 Å². The van der Waals surface area contributed by atoms with Crippen molar-refractivity contribution < 1.29 is 23.9 Å². The lowest BCUT2D eigenvalue weighted by Gasteiger charge is -2.42. The van der Waals surface area contributed by atoms with E-state index in [0.29, 0.717) is 50.4 Å². The summed E-state index contributed by atoms with van der Waals surface area (Å²) < 4.78 is 10.7. The first-order valence-electron chi connectivity index (χ1n) is 11.0. The number of hydrogen-bond donors (Lipinski definition) is 3. The average Bonchev–Trinajstić information content (AvgIpc) is 2.75. The molecule has 0 saturated carbocycles. The molecule has 32 heavy (non-hydrogen) atoms. The van der Waals surface area contributed by atoms with E-state index in [1.807, 2.05) is 32.0 Å². The van der Waals surface area contributed by atoms with E-state index in [1.54, 1.807) is 26.2 Å². The van der Waals surface area contributed by atoms with Gasteiger partial charge in [-0.15, -0.1) is 0 Å². The van der Waals surface area contributed by atoms with E-state index in [0.717, 1.165) is 5.56 Å². The molecule has 1 saturated heterocycles. The van der Waals surface area contributed by atoms with Gasteiger partial charge in [0.1, 0.15) is 17.5 Å². The predicted octanol–water partition coefficient (Wildman–Crippen LogP) is 1.06. The zero-order valence-corrected chi connectivity index (χ0v) is 19.7. The van der Waals surface area contributed by atoms with E-state index in [1.165, 1.54) is 0 Å². The normalized spacial score (nSPS) is 16.2. The van der Waals surface area contributed by atoms with E-state index in [4.69, 9.17) is 9.47 Å². The molecule has 178 valence electrons. The van der Waals surface area contributed by atoms with Crippen LogP contribution in [-0.2, 0) is 20.9 Å². The van der Waals surface area contributed by atoms with Crippen molar-refractivity contribution in [3.05, 3.63) is 23.8 Å². The highest BCUT2D eigenvalue weighted by molar-refractivity contribution is 5.91. The molecule has 1 fully saturated rings. The second kappa shape index (κ2) is 12.3. The summed E-state index contributed by atoms with van der Waals surface area (Å²) in [5.74, 6) is 1.13. The molecule has 0 radical (unpaired) electrons. The Morgan fingerprint density at radius 3 is 2.50 bits per heavy atom. The maximum atomic E-state index is 13.2. The van der Waals surface area contributed by atoms with Crippen molar-refractivity contribution in [3.63, 3.8) is 0 Å². The summed E-state index contributed by atoms with van der Waals surface area (Å²) in [5.41, 5.74) is 0.917. The Morgan fingerprint density at radius 2 is 1.94 bits per heavy atom. The van der Waals surface area contributed by atoms with E-state index >= 15 is 0 Å². The minimum absolute atomic E-state index is 0.0450. The Balaban J connectivity index is 1.93. The highest BCUT2D eigenvalue weighted by Crippen LogP contribution is 2.25. The number of hydrogen-bond acceptors (Lipinski definition) is 6. The zero-order valence-electron chi connectivity index (χ0n) is 19.7. The van der Waals surface area contributed by atoms with Crippen LogP contribution in [0.5, 0.6) is 11.5 Å². The molecular formula is C23H36N4O5. The summed E-state index contributed by atoms with van der Waals surface area (Å²) in [7, 11) is 4.78. The Labute approximate surface area is 190 Å². The molecule has 1 heterocycles. The Kier molecular flexibility index (Phi) is 9.77. The molecule has 9 heteroatoms. The highest BCUT2D eigenvalue weighted by Gasteiger charge is 2.40. The molecule has 0 spiro atoms. The molecule has 3 N–H and O–H groups in total. The molecule has 3 amide bonds. The first-order valence-corrected chi connectivity index (χ1v) is 11.0. The average molecular weight is 449 g/mol. The Hall–Kier alpha value is -2.81. The van der Waals surface area contributed by atoms with E-state index < -0.39 is 12.1 Å². The SMILES string of the molecule is CNC(=O)CCCNC(=O)C1CCN1C(=O)C(NCc1ccc(OC)cc1OC)C(C)C. The molecule has 2 rings (SSSR count). The van der Waals surface area contributed by atoms with Crippen LogP contribution in [0.1, 0.15) is 38.7 Å². The van der Waals surface area contributed by atoms with Gasteiger partial charge in [-0.25, -0.2) is 0 Å². The lowest BCUT2D eigenvalue weighted by molar-refractivity contribution is -0.149. The van der Waals surface area contributed by atoms with Gasteiger partial charge in [-0.05, 0) is 24.8 Å². The summed E-state index contributed by atoms with van der Waals surface area (Å²) in [4.78, 5) is 38.6. The van der Waals surface area contributed by atoms with E-state index in [9.17, 15) is 14.4 Å². The molecule has 2 atom stereocenters. The maximum Gasteiger partial charge on any atom is 0.242 e. The van der Waals surface area contributed by atoms with Gasteiger partial charge in [0.2, 0.25) is 17.7 Å². The standard InChI is InChI=1S/C23H36N4O5/c1-15(2)21(26-14-16-8-9-17(31-4)13-19(16)32-5)23(30)27-12-10-18(27)22(29)25-11-6-7-20(28)24-3/h8-9,13,15,18,21,26H,6-7,10-12,14H2,1-5H3,(H,24,28)(H,25,29). The van der Waals surface area contributed by atoms with Crippen LogP contribution in [0.25, 0.3) is 0 Å². The van der Waals surface area contributed by atoms with E-state index in [-0.39, 0.29) is 23.6 Å². The fourth-order valence-corrected chi connectivity index (χ4v) is 3.63. The fourth-order valence-electron chi connectivity index (χ4n) is 3.63. The number of methoxy groups -OCH3 is 2. The van der Waals surface area contributed by atoms with Gasteiger partial charge in [0.15, 0.2) is 0 Å². The molecule has 1 aliphatic rings. The van der Waals surface area contributed by atoms with Gasteiger partial charge in [0, 0.05) is 44.7 Å². The third-order valence-corrected chi connectivity index (χ3v) is 5.70. The number of benzene rings is 1. The Bertz CT molecular complexity index is 799. The highest BCUT2D eigenvalue weighted by atomic mass is 16.5. The molecule has 9 nitrogen and oxygen atoms in total. The predicted molar refractivity (Wildman–Crippen MR) is 121 cm³/mol. The van der Waals surface area contributed by atoms with Gasteiger partial charge < -0.3 is 30.3 Å². The smallest absolute Gasteiger partial charge is 0.242 e. The third kappa shape index (κ3) is 6.59. The fraction of sp³-hybridized carbons (Fsp3) is 0.609. The molecule has 1 aromatic carbocycles. The number of nitrogens with one attached hydrogen (secondary N) is 3. The minimum atomic E-state index is -0.457. The van der Waals surface area contributed by atoms with Crippen molar-refractivity contribution in [2.75, 3.05) is 34.4 Å². The van der Waals surface area contributed by atoms with Gasteiger partial charge in [0.05, 0.1) is 20.3 Å². The minimum Gasteiger partial charge on any atom is -0.497 e. The second-order valence-corrected chi connectivity index (χ2v) is 8.18. The monoisotopic (exact) mass is 448 g/mol. The molecule has 1 aromatic rings. The number of amides is 3. The molecule has 0 bridgehead atoms. The first kappa shape index (κ1) is 25.5. The summed E-state index contributed by atoms with van der Waals surface area (Å²) in [6, 6.07) is 4.69. The quantitative estimate of drug-likeness (QED) is 0.413. The van der Waals surface area contributed by atoms with Crippen LogP contribution in [0.4, 0.5) is 0 Å². The molecule has 0 aliphatic carbocycles. The van der Waals surface area contributed by atoms with Gasteiger partial charge in [-0.2, -0.15) is 0 Å². The van der Waals surface area contributed by atoms with Crippen molar-refractivity contribution in [2.24, 2.45) is 5.92 Å². The summed E-state index contributed by atoms with van der Waals surface area (Å²) >= 11 is 0. The lowest BCUT2D eigenvalue weighted by Crippen LogP contribution is -2.62. The molecule has 1 aliphatic heterocycles. The second-order valence-electron chi connectivity index (χ2n) is 8.18. The summed E-state index contributed by atoms with van der Waals surface area (Å²) in [6.45, 7) is 5.38. The molecule has 0 aromatic heterocycles. The summed E-state index contributed by atoms with van der Waals surface area (Å²) in [5, 5.41) is 8.73. The number of ether oxygens (including phenoxy) is 2. The first-order chi connectivity index (χ1) is 15.3.